The van der Waals surface area contributed by atoms with Crippen molar-refractivity contribution in [2.24, 2.45) is 10.7 Å². The van der Waals surface area contributed by atoms with Crippen LogP contribution >= 0.6 is 0 Å². The molecule has 1 aliphatic heterocycles. The minimum Gasteiger partial charge on any atom is -0.385 e. The summed E-state index contributed by atoms with van der Waals surface area (Å²) < 4.78 is 47.5. The summed E-state index contributed by atoms with van der Waals surface area (Å²) in [6.45, 7) is 1.16. The first-order chi connectivity index (χ1) is 10.9. The largest absolute Gasteiger partial charge is 0.385 e. The summed E-state index contributed by atoms with van der Waals surface area (Å²) in [6, 6.07) is 1.86. The number of hydrogen-bond donors (Lipinski definition) is 1. The van der Waals surface area contributed by atoms with Crippen molar-refractivity contribution in [3.8, 4) is 11.1 Å². The first-order valence-corrected chi connectivity index (χ1v) is 6.76. The molecule has 0 saturated heterocycles. The van der Waals surface area contributed by atoms with Crippen molar-refractivity contribution in [1.82, 2.24) is 9.97 Å². The second kappa shape index (κ2) is 5.62. The average Bonchev–Trinajstić information content (AvgIpc) is 2.52. The topological polar surface area (TPSA) is 73.4 Å². The second-order valence-electron chi connectivity index (χ2n) is 5.32. The second-order valence-corrected chi connectivity index (χ2v) is 5.32. The van der Waals surface area contributed by atoms with Crippen LogP contribution in [0.5, 0.6) is 0 Å². The normalized spacial score (nSPS) is 24.3. The summed E-state index contributed by atoms with van der Waals surface area (Å²) in [6.07, 6.45) is 2.12. The number of aliphatic imine (C=N–C) groups is 1. The van der Waals surface area contributed by atoms with E-state index in [2.05, 4.69) is 15.0 Å². The minimum atomic E-state index is -1.91. The summed E-state index contributed by atoms with van der Waals surface area (Å²) in [4.78, 5) is 11.6. The van der Waals surface area contributed by atoms with Gasteiger partial charge in [0.25, 0.3) is 0 Å². The van der Waals surface area contributed by atoms with Gasteiger partial charge in [-0.1, -0.05) is 0 Å². The SMILES string of the molecule is C[C@]1(c2cc(-c3cncnc3)c(F)cc2F)N=C(N)CO[C@@H]1F. The molecule has 5 nitrogen and oxygen atoms in total. The number of aromatic nitrogens is 2. The number of hydrogen-bond acceptors (Lipinski definition) is 5. The zero-order chi connectivity index (χ0) is 16.6. The molecule has 1 aliphatic rings. The lowest BCUT2D eigenvalue weighted by Crippen LogP contribution is -2.43. The Morgan fingerprint density at radius 1 is 1.22 bits per heavy atom. The Labute approximate surface area is 130 Å². The molecule has 0 fully saturated rings. The molecular formula is C15H13F3N4O. The summed E-state index contributed by atoms with van der Waals surface area (Å²) in [5.74, 6) is -1.71. The Morgan fingerprint density at radius 2 is 1.91 bits per heavy atom. The number of amidine groups is 1. The highest BCUT2D eigenvalue weighted by atomic mass is 19.1. The molecule has 1 aromatic carbocycles. The van der Waals surface area contributed by atoms with E-state index in [1.54, 1.807) is 0 Å². The van der Waals surface area contributed by atoms with Gasteiger partial charge in [0, 0.05) is 35.2 Å². The van der Waals surface area contributed by atoms with E-state index >= 15 is 0 Å². The number of alkyl halides is 1. The molecule has 23 heavy (non-hydrogen) atoms. The third-order valence-electron chi connectivity index (χ3n) is 3.67. The maximum absolute atomic E-state index is 14.3. The molecule has 8 heteroatoms. The quantitative estimate of drug-likeness (QED) is 0.921. The lowest BCUT2D eigenvalue weighted by Gasteiger charge is -2.33. The van der Waals surface area contributed by atoms with Gasteiger partial charge in [-0.25, -0.2) is 23.1 Å². The molecule has 0 bridgehead atoms. The standard InChI is InChI=1S/C15H13F3N4O/c1-15(14(18)23-6-13(19)22-15)10-2-9(11(16)3-12(10)17)8-4-20-7-21-5-8/h2-5,7,14H,6H2,1H3,(H2,19,22)/t14-,15+/m0/s1. The van der Waals surface area contributed by atoms with E-state index in [0.29, 0.717) is 11.6 Å². The molecule has 3 rings (SSSR count). The van der Waals surface area contributed by atoms with Gasteiger partial charge in [-0.3, -0.25) is 4.99 Å². The van der Waals surface area contributed by atoms with E-state index in [9.17, 15) is 13.2 Å². The van der Waals surface area contributed by atoms with Crippen LogP contribution in [-0.4, -0.2) is 28.8 Å². The van der Waals surface area contributed by atoms with E-state index < -0.39 is 23.5 Å². The maximum Gasteiger partial charge on any atom is 0.228 e. The van der Waals surface area contributed by atoms with Crippen molar-refractivity contribution in [3.05, 3.63) is 48.1 Å². The van der Waals surface area contributed by atoms with Crippen LogP contribution in [0.3, 0.4) is 0 Å². The fourth-order valence-electron chi connectivity index (χ4n) is 2.48. The van der Waals surface area contributed by atoms with Gasteiger partial charge in [0.05, 0.1) is 0 Å². The average molecular weight is 322 g/mol. The van der Waals surface area contributed by atoms with Crippen LogP contribution < -0.4 is 5.73 Å². The highest BCUT2D eigenvalue weighted by molar-refractivity contribution is 5.82. The van der Waals surface area contributed by atoms with Crippen molar-refractivity contribution >= 4 is 5.84 Å². The third-order valence-corrected chi connectivity index (χ3v) is 3.67. The molecular weight excluding hydrogens is 309 g/mol. The Hall–Kier alpha value is -2.48. The van der Waals surface area contributed by atoms with Crippen molar-refractivity contribution in [1.29, 1.82) is 0 Å². The Kier molecular flexibility index (Phi) is 3.77. The predicted molar refractivity (Wildman–Crippen MR) is 77.2 cm³/mol. The molecule has 0 amide bonds. The Bertz CT molecular complexity index is 769. The molecule has 0 spiro atoms. The number of halogens is 3. The molecule has 2 aromatic rings. The lowest BCUT2D eigenvalue weighted by atomic mass is 9.88. The first kappa shape index (κ1) is 15.4. The van der Waals surface area contributed by atoms with Gasteiger partial charge in [-0.2, -0.15) is 0 Å². The molecule has 2 atom stereocenters. The number of ether oxygens (including phenoxy) is 1. The van der Waals surface area contributed by atoms with Gasteiger partial charge in [0.15, 0.2) is 0 Å². The fraction of sp³-hybridized carbons (Fsp3) is 0.267. The van der Waals surface area contributed by atoms with E-state index in [1.807, 2.05) is 0 Å². The number of rotatable bonds is 2. The van der Waals surface area contributed by atoms with Gasteiger partial charge in [-0.05, 0) is 13.0 Å². The Morgan fingerprint density at radius 3 is 2.61 bits per heavy atom. The van der Waals surface area contributed by atoms with Crippen molar-refractivity contribution in [2.75, 3.05) is 6.61 Å². The van der Waals surface area contributed by atoms with Crippen molar-refractivity contribution < 1.29 is 17.9 Å². The molecule has 0 radical (unpaired) electrons. The van der Waals surface area contributed by atoms with Crippen LogP contribution in [0.1, 0.15) is 12.5 Å². The molecule has 0 unspecified atom stereocenters. The van der Waals surface area contributed by atoms with Crippen LogP contribution in [0.4, 0.5) is 13.2 Å². The van der Waals surface area contributed by atoms with Crippen molar-refractivity contribution in [3.63, 3.8) is 0 Å². The summed E-state index contributed by atoms with van der Waals surface area (Å²) in [5.41, 5.74) is 4.09. The summed E-state index contributed by atoms with van der Waals surface area (Å²) in [7, 11) is 0. The van der Waals surface area contributed by atoms with E-state index in [1.165, 1.54) is 31.7 Å². The number of nitrogens with zero attached hydrogens (tertiary/aromatic N) is 3. The Balaban J connectivity index is 2.19. The van der Waals surface area contributed by atoms with Gasteiger partial charge in [0.2, 0.25) is 6.36 Å². The van der Waals surface area contributed by atoms with E-state index in [0.717, 1.165) is 0 Å². The van der Waals surface area contributed by atoms with Gasteiger partial charge in [0.1, 0.15) is 35.9 Å². The van der Waals surface area contributed by atoms with Crippen LogP contribution in [-0.2, 0) is 10.3 Å². The predicted octanol–water partition coefficient (Wildman–Crippen LogP) is 2.32. The third kappa shape index (κ3) is 2.65. The summed E-state index contributed by atoms with van der Waals surface area (Å²) in [5, 5.41) is 0. The monoisotopic (exact) mass is 322 g/mol. The number of benzene rings is 1. The molecule has 2 N–H and O–H groups in total. The maximum atomic E-state index is 14.3. The van der Waals surface area contributed by atoms with Crippen LogP contribution in [0.15, 0.2) is 35.8 Å². The molecule has 1 aromatic heterocycles. The molecule has 120 valence electrons. The fourth-order valence-corrected chi connectivity index (χ4v) is 2.48. The lowest BCUT2D eigenvalue weighted by molar-refractivity contribution is -0.0805. The van der Waals surface area contributed by atoms with Crippen molar-refractivity contribution in [2.45, 2.75) is 18.8 Å². The molecule has 2 heterocycles. The van der Waals surface area contributed by atoms with E-state index in [-0.39, 0.29) is 23.6 Å². The zero-order valence-corrected chi connectivity index (χ0v) is 12.1. The molecule has 0 aliphatic carbocycles. The zero-order valence-electron chi connectivity index (χ0n) is 12.1. The summed E-state index contributed by atoms with van der Waals surface area (Å²) >= 11 is 0. The van der Waals surface area contributed by atoms with E-state index in [4.69, 9.17) is 10.5 Å². The van der Waals surface area contributed by atoms with Gasteiger partial charge < -0.3 is 10.5 Å². The van der Waals surface area contributed by atoms with Gasteiger partial charge >= 0.3 is 0 Å². The van der Waals surface area contributed by atoms with Crippen LogP contribution in [0.25, 0.3) is 11.1 Å². The molecule has 0 saturated carbocycles. The smallest absolute Gasteiger partial charge is 0.228 e. The number of nitrogens with two attached hydrogens (primary N) is 1. The first-order valence-electron chi connectivity index (χ1n) is 6.76. The van der Waals surface area contributed by atoms with Gasteiger partial charge in [-0.15, -0.1) is 0 Å². The highest BCUT2D eigenvalue weighted by Gasteiger charge is 2.42. The highest BCUT2D eigenvalue weighted by Crippen LogP contribution is 2.38. The van der Waals surface area contributed by atoms with Crippen LogP contribution in [0.2, 0.25) is 0 Å². The minimum absolute atomic E-state index is 0.0368. The van der Waals surface area contributed by atoms with Crippen LogP contribution in [0, 0.1) is 11.6 Å².